The van der Waals surface area contributed by atoms with Crippen LogP contribution in [-0.2, 0) is 9.59 Å². The van der Waals surface area contributed by atoms with Gasteiger partial charge in [-0.3, -0.25) is 14.9 Å². The standard InChI is InChI=1S/C18H17N3O4/c1-11-2-8-14(9-3-11)25-10-15(22)19-13-6-4-12(5-7-13)16-17(23)21-18(24)20-16/h2-9,16H,10H2,1H3,(H,19,22)(H2,20,21,23,24). The van der Waals surface area contributed by atoms with Gasteiger partial charge in [0.15, 0.2) is 6.61 Å². The lowest BCUT2D eigenvalue weighted by Crippen LogP contribution is -2.22. The van der Waals surface area contributed by atoms with Crippen molar-refractivity contribution in [2.24, 2.45) is 0 Å². The Bertz CT molecular complexity index is 800. The van der Waals surface area contributed by atoms with Crippen molar-refractivity contribution < 1.29 is 19.1 Å². The van der Waals surface area contributed by atoms with Gasteiger partial charge in [0.2, 0.25) is 0 Å². The van der Waals surface area contributed by atoms with E-state index in [2.05, 4.69) is 16.0 Å². The summed E-state index contributed by atoms with van der Waals surface area (Å²) in [6.07, 6.45) is 0. The van der Waals surface area contributed by atoms with Gasteiger partial charge in [-0.2, -0.15) is 0 Å². The fourth-order valence-electron chi connectivity index (χ4n) is 2.39. The van der Waals surface area contributed by atoms with E-state index in [4.69, 9.17) is 4.74 Å². The number of hydrogen-bond donors (Lipinski definition) is 3. The number of carbonyl (C=O) groups excluding carboxylic acids is 3. The summed E-state index contributed by atoms with van der Waals surface area (Å²) in [6.45, 7) is 1.87. The van der Waals surface area contributed by atoms with E-state index in [9.17, 15) is 14.4 Å². The predicted octanol–water partition coefficient (Wildman–Crippen LogP) is 1.89. The van der Waals surface area contributed by atoms with Crippen molar-refractivity contribution in [2.75, 3.05) is 11.9 Å². The Morgan fingerprint density at radius 2 is 1.76 bits per heavy atom. The first-order chi connectivity index (χ1) is 12.0. The molecule has 0 radical (unpaired) electrons. The minimum absolute atomic E-state index is 0.105. The Labute approximate surface area is 144 Å². The fraction of sp³-hybridized carbons (Fsp3) is 0.167. The van der Waals surface area contributed by atoms with E-state index >= 15 is 0 Å². The predicted molar refractivity (Wildman–Crippen MR) is 91.2 cm³/mol. The lowest BCUT2D eigenvalue weighted by Gasteiger charge is -2.10. The molecule has 1 unspecified atom stereocenters. The second-order valence-corrected chi connectivity index (χ2v) is 5.67. The third kappa shape index (κ3) is 4.14. The quantitative estimate of drug-likeness (QED) is 0.725. The molecule has 3 rings (SSSR count). The Morgan fingerprint density at radius 1 is 1.08 bits per heavy atom. The molecule has 0 bridgehead atoms. The number of imide groups is 1. The van der Waals surface area contributed by atoms with Crippen LogP contribution in [0.2, 0.25) is 0 Å². The van der Waals surface area contributed by atoms with Crippen LogP contribution >= 0.6 is 0 Å². The van der Waals surface area contributed by atoms with Gasteiger partial charge in [0.25, 0.3) is 11.8 Å². The summed E-state index contributed by atoms with van der Waals surface area (Å²) in [5.41, 5.74) is 2.33. The van der Waals surface area contributed by atoms with Crippen molar-refractivity contribution in [1.82, 2.24) is 10.6 Å². The summed E-state index contributed by atoms with van der Waals surface area (Å²) in [7, 11) is 0. The van der Waals surface area contributed by atoms with Crippen molar-refractivity contribution in [2.45, 2.75) is 13.0 Å². The molecule has 7 heteroatoms. The van der Waals surface area contributed by atoms with Crippen molar-refractivity contribution >= 4 is 23.5 Å². The fourth-order valence-corrected chi connectivity index (χ4v) is 2.39. The maximum Gasteiger partial charge on any atom is 0.322 e. The first kappa shape index (κ1) is 16.5. The maximum absolute atomic E-state index is 11.9. The molecule has 4 amide bonds. The second-order valence-electron chi connectivity index (χ2n) is 5.67. The molecule has 0 saturated carbocycles. The van der Waals surface area contributed by atoms with Crippen molar-refractivity contribution in [1.29, 1.82) is 0 Å². The molecule has 1 saturated heterocycles. The van der Waals surface area contributed by atoms with Crippen LogP contribution in [0.5, 0.6) is 5.75 Å². The number of carbonyl (C=O) groups is 3. The number of urea groups is 1. The molecule has 1 fully saturated rings. The van der Waals surface area contributed by atoms with E-state index in [0.29, 0.717) is 17.0 Å². The van der Waals surface area contributed by atoms with Crippen LogP contribution in [0, 0.1) is 6.92 Å². The van der Waals surface area contributed by atoms with Gasteiger partial charge in [-0.1, -0.05) is 29.8 Å². The van der Waals surface area contributed by atoms with Crippen LogP contribution in [0.15, 0.2) is 48.5 Å². The van der Waals surface area contributed by atoms with E-state index < -0.39 is 18.0 Å². The normalized spacial score (nSPS) is 16.1. The number of amides is 4. The number of ether oxygens (including phenoxy) is 1. The molecule has 3 N–H and O–H groups in total. The SMILES string of the molecule is Cc1ccc(OCC(=O)Nc2ccc(C3NC(=O)NC3=O)cc2)cc1. The maximum atomic E-state index is 11.9. The van der Waals surface area contributed by atoms with E-state index in [-0.39, 0.29) is 12.5 Å². The molecule has 7 nitrogen and oxygen atoms in total. The molecule has 1 aliphatic rings. The number of anilines is 1. The molecule has 1 atom stereocenters. The van der Waals surface area contributed by atoms with Gasteiger partial charge >= 0.3 is 6.03 Å². The number of aryl methyl sites for hydroxylation is 1. The van der Waals surface area contributed by atoms with E-state index in [0.717, 1.165) is 5.56 Å². The largest absolute Gasteiger partial charge is 0.484 e. The van der Waals surface area contributed by atoms with E-state index in [1.807, 2.05) is 19.1 Å². The summed E-state index contributed by atoms with van der Waals surface area (Å²) in [6, 6.07) is 12.9. The summed E-state index contributed by atoms with van der Waals surface area (Å²) in [5.74, 6) is -0.0624. The van der Waals surface area contributed by atoms with Crippen LogP contribution in [-0.4, -0.2) is 24.5 Å². The minimum atomic E-state index is -0.706. The minimum Gasteiger partial charge on any atom is -0.484 e. The van der Waals surface area contributed by atoms with E-state index in [1.54, 1.807) is 36.4 Å². The summed E-state index contributed by atoms with van der Waals surface area (Å²) >= 11 is 0. The van der Waals surface area contributed by atoms with Gasteiger partial charge in [-0.05, 0) is 36.8 Å². The van der Waals surface area contributed by atoms with Crippen LogP contribution in [0.4, 0.5) is 10.5 Å². The summed E-state index contributed by atoms with van der Waals surface area (Å²) < 4.78 is 5.41. The molecule has 2 aromatic rings. The monoisotopic (exact) mass is 339 g/mol. The van der Waals surface area contributed by atoms with Gasteiger partial charge in [0, 0.05) is 5.69 Å². The number of benzene rings is 2. The van der Waals surface area contributed by atoms with Gasteiger partial charge < -0.3 is 15.4 Å². The molecule has 0 aromatic heterocycles. The molecule has 0 spiro atoms. The molecule has 2 aromatic carbocycles. The van der Waals surface area contributed by atoms with Gasteiger partial charge in [0.1, 0.15) is 11.8 Å². The first-order valence-electron chi connectivity index (χ1n) is 7.72. The highest BCUT2D eigenvalue weighted by Crippen LogP contribution is 2.19. The molecular weight excluding hydrogens is 322 g/mol. The third-order valence-corrected chi connectivity index (χ3v) is 3.69. The number of hydrogen-bond acceptors (Lipinski definition) is 4. The van der Waals surface area contributed by atoms with Crippen molar-refractivity contribution in [3.63, 3.8) is 0 Å². The number of rotatable bonds is 5. The van der Waals surface area contributed by atoms with Crippen molar-refractivity contribution in [3.8, 4) is 5.75 Å². The lowest BCUT2D eigenvalue weighted by molar-refractivity contribution is -0.120. The molecule has 1 heterocycles. The summed E-state index contributed by atoms with van der Waals surface area (Å²) in [4.78, 5) is 34.7. The van der Waals surface area contributed by atoms with E-state index in [1.165, 1.54) is 0 Å². The zero-order valence-electron chi connectivity index (χ0n) is 13.5. The number of nitrogens with one attached hydrogen (secondary N) is 3. The Morgan fingerprint density at radius 3 is 2.36 bits per heavy atom. The Kier molecular flexibility index (Phi) is 4.65. The second kappa shape index (κ2) is 7.04. The zero-order chi connectivity index (χ0) is 17.8. The van der Waals surface area contributed by atoms with Gasteiger partial charge in [-0.25, -0.2) is 4.79 Å². The Balaban J connectivity index is 1.54. The molecular formula is C18H17N3O4. The van der Waals surface area contributed by atoms with Crippen molar-refractivity contribution in [3.05, 3.63) is 59.7 Å². The summed E-state index contributed by atoms with van der Waals surface area (Å²) in [5, 5.41) is 7.40. The average Bonchev–Trinajstić information content (AvgIpc) is 2.93. The van der Waals surface area contributed by atoms with Crippen LogP contribution < -0.4 is 20.7 Å². The average molecular weight is 339 g/mol. The molecule has 25 heavy (non-hydrogen) atoms. The van der Waals surface area contributed by atoms with Gasteiger partial charge in [0.05, 0.1) is 0 Å². The zero-order valence-corrected chi connectivity index (χ0v) is 13.5. The molecule has 1 aliphatic heterocycles. The van der Waals surface area contributed by atoms with Crippen LogP contribution in [0.25, 0.3) is 0 Å². The topological polar surface area (TPSA) is 96.5 Å². The lowest BCUT2D eigenvalue weighted by atomic mass is 10.1. The highest BCUT2D eigenvalue weighted by Gasteiger charge is 2.30. The van der Waals surface area contributed by atoms with Crippen LogP contribution in [0.1, 0.15) is 17.2 Å². The highest BCUT2D eigenvalue weighted by molar-refractivity contribution is 6.04. The molecule has 0 aliphatic carbocycles. The third-order valence-electron chi connectivity index (χ3n) is 3.69. The molecule has 128 valence electrons. The van der Waals surface area contributed by atoms with Gasteiger partial charge in [-0.15, -0.1) is 0 Å². The smallest absolute Gasteiger partial charge is 0.322 e. The Hall–Kier alpha value is -3.35. The highest BCUT2D eigenvalue weighted by atomic mass is 16.5. The first-order valence-corrected chi connectivity index (χ1v) is 7.72. The van der Waals surface area contributed by atoms with Crippen LogP contribution in [0.3, 0.4) is 0 Å².